The quantitative estimate of drug-likeness (QED) is 0.850. The molecule has 1 saturated carbocycles. The van der Waals surface area contributed by atoms with Crippen LogP contribution in [-0.4, -0.2) is 5.54 Å². The van der Waals surface area contributed by atoms with Gasteiger partial charge in [0, 0.05) is 5.54 Å². The van der Waals surface area contributed by atoms with Crippen LogP contribution in [0.4, 0.5) is 4.39 Å². The highest BCUT2D eigenvalue weighted by atomic mass is 79.9. The topological polar surface area (TPSA) is 26.0 Å². The number of nitrogens with two attached hydrogens (primary N) is 1. The molecule has 18 heavy (non-hydrogen) atoms. The van der Waals surface area contributed by atoms with Crippen molar-refractivity contribution < 1.29 is 4.39 Å². The Morgan fingerprint density at radius 1 is 1.11 bits per heavy atom. The van der Waals surface area contributed by atoms with Crippen molar-refractivity contribution in [3.05, 3.63) is 34.1 Å². The van der Waals surface area contributed by atoms with E-state index in [1.54, 1.807) is 6.07 Å². The Hall–Kier alpha value is -0.410. The minimum Gasteiger partial charge on any atom is -0.325 e. The van der Waals surface area contributed by atoms with Crippen molar-refractivity contribution in [3.63, 3.8) is 0 Å². The molecule has 0 aliphatic heterocycles. The summed E-state index contributed by atoms with van der Waals surface area (Å²) < 4.78 is 14.1. The lowest BCUT2D eigenvalue weighted by atomic mass is 9.80. The molecule has 0 heterocycles. The minimum atomic E-state index is -0.193. The summed E-state index contributed by atoms with van der Waals surface area (Å²) >= 11 is 3.34. The van der Waals surface area contributed by atoms with E-state index in [2.05, 4.69) is 15.9 Å². The molecule has 3 heteroatoms. The summed E-state index contributed by atoms with van der Waals surface area (Å²) in [6.07, 6.45) is 9.16. The van der Waals surface area contributed by atoms with Crippen molar-refractivity contribution in [2.45, 2.75) is 56.9 Å². The predicted molar refractivity (Wildman–Crippen MR) is 77.0 cm³/mol. The molecular formula is C15H21BrFN. The SMILES string of the molecule is NC1(Cc2cccc(F)c2Br)CCCCCCC1. The van der Waals surface area contributed by atoms with Crippen LogP contribution in [0.2, 0.25) is 0 Å². The molecule has 0 atom stereocenters. The number of halogens is 2. The van der Waals surface area contributed by atoms with Crippen LogP contribution in [-0.2, 0) is 6.42 Å². The molecule has 0 saturated heterocycles. The fourth-order valence-electron chi connectivity index (χ4n) is 2.85. The van der Waals surface area contributed by atoms with Gasteiger partial charge in [-0.25, -0.2) is 4.39 Å². The van der Waals surface area contributed by atoms with Gasteiger partial charge in [0.05, 0.1) is 4.47 Å². The summed E-state index contributed by atoms with van der Waals surface area (Å²) in [5, 5.41) is 0. The number of hydrogen-bond donors (Lipinski definition) is 1. The second-order valence-electron chi connectivity index (χ2n) is 5.52. The van der Waals surface area contributed by atoms with Crippen molar-refractivity contribution in [2.75, 3.05) is 0 Å². The molecule has 1 aromatic carbocycles. The van der Waals surface area contributed by atoms with E-state index in [1.165, 1.54) is 38.2 Å². The average molecular weight is 314 g/mol. The molecule has 100 valence electrons. The second-order valence-corrected chi connectivity index (χ2v) is 6.31. The average Bonchev–Trinajstić information content (AvgIpc) is 2.31. The van der Waals surface area contributed by atoms with E-state index in [4.69, 9.17) is 5.73 Å². The van der Waals surface area contributed by atoms with Gasteiger partial charge >= 0.3 is 0 Å². The standard InChI is InChI=1S/C15H21BrFN/c16-14-12(7-6-8-13(14)17)11-15(18)9-4-2-1-3-5-10-15/h6-8H,1-5,9-11,18H2. The summed E-state index contributed by atoms with van der Waals surface area (Å²) in [6.45, 7) is 0. The summed E-state index contributed by atoms with van der Waals surface area (Å²) in [7, 11) is 0. The van der Waals surface area contributed by atoms with Gasteiger partial charge in [-0.3, -0.25) is 0 Å². The maximum Gasteiger partial charge on any atom is 0.137 e. The van der Waals surface area contributed by atoms with Crippen LogP contribution in [0.15, 0.2) is 22.7 Å². The van der Waals surface area contributed by atoms with Gasteiger partial charge in [0.2, 0.25) is 0 Å². The van der Waals surface area contributed by atoms with Crippen LogP contribution in [0.5, 0.6) is 0 Å². The number of hydrogen-bond acceptors (Lipinski definition) is 1. The van der Waals surface area contributed by atoms with Gasteiger partial charge in [-0.05, 0) is 46.8 Å². The molecule has 1 aliphatic rings. The monoisotopic (exact) mass is 313 g/mol. The Balaban J connectivity index is 2.12. The van der Waals surface area contributed by atoms with E-state index in [1.807, 2.05) is 6.07 Å². The van der Waals surface area contributed by atoms with Gasteiger partial charge in [0.25, 0.3) is 0 Å². The van der Waals surface area contributed by atoms with Gasteiger partial charge in [-0.1, -0.05) is 44.2 Å². The van der Waals surface area contributed by atoms with E-state index in [0.29, 0.717) is 4.47 Å². The van der Waals surface area contributed by atoms with E-state index in [0.717, 1.165) is 24.8 Å². The predicted octanol–water partition coefficient (Wildman–Crippen LogP) is 4.57. The molecule has 0 aromatic heterocycles. The van der Waals surface area contributed by atoms with Gasteiger partial charge in [0.15, 0.2) is 0 Å². The first kappa shape index (κ1) is 14.0. The van der Waals surface area contributed by atoms with Crippen molar-refractivity contribution in [2.24, 2.45) is 5.73 Å². The van der Waals surface area contributed by atoms with E-state index in [9.17, 15) is 4.39 Å². The Morgan fingerprint density at radius 3 is 2.39 bits per heavy atom. The van der Waals surface area contributed by atoms with E-state index < -0.39 is 0 Å². The first-order chi connectivity index (χ1) is 8.61. The van der Waals surface area contributed by atoms with E-state index in [-0.39, 0.29) is 11.4 Å². The summed E-state index contributed by atoms with van der Waals surface area (Å²) in [5.74, 6) is -0.193. The molecular weight excluding hydrogens is 293 g/mol. The van der Waals surface area contributed by atoms with Gasteiger partial charge in [0.1, 0.15) is 5.82 Å². The van der Waals surface area contributed by atoms with Crippen LogP contribution in [0.3, 0.4) is 0 Å². The summed E-state index contributed by atoms with van der Waals surface area (Å²) in [4.78, 5) is 0. The third kappa shape index (κ3) is 3.55. The summed E-state index contributed by atoms with van der Waals surface area (Å²) in [5.41, 5.74) is 7.38. The Kier molecular flexibility index (Phi) is 4.79. The van der Waals surface area contributed by atoms with Crippen molar-refractivity contribution in [1.82, 2.24) is 0 Å². The Labute approximate surface area is 117 Å². The molecule has 0 radical (unpaired) electrons. The number of benzene rings is 1. The van der Waals surface area contributed by atoms with Crippen molar-refractivity contribution in [3.8, 4) is 0 Å². The third-order valence-corrected chi connectivity index (χ3v) is 4.81. The number of rotatable bonds is 2. The largest absolute Gasteiger partial charge is 0.325 e. The van der Waals surface area contributed by atoms with Crippen LogP contribution in [0, 0.1) is 5.82 Å². The molecule has 0 unspecified atom stereocenters. The smallest absolute Gasteiger partial charge is 0.137 e. The normalized spacial score (nSPS) is 20.2. The molecule has 1 nitrogen and oxygen atoms in total. The first-order valence-corrected chi connectivity index (χ1v) is 7.62. The Bertz CT molecular complexity index is 397. The molecule has 1 fully saturated rings. The minimum absolute atomic E-state index is 0.156. The highest BCUT2D eigenvalue weighted by molar-refractivity contribution is 9.10. The molecule has 2 N–H and O–H groups in total. The zero-order valence-electron chi connectivity index (χ0n) is 10.7. The maximum absolute atomic E-state index is 13.5. The lowest BCUT2D eigenvalue weighted by Gasteiger charge is -2.32. The highest BCUT2D eigenvalue weighted by Crippen LogP contribution is 2.30. The third-order valence-electron chi connectivity index (χ3n) is 3.92. The lowest BCUT2D eigenvalue weighted by molar-refractivity contribution is 0.314. The molecule has 2 rings (SSSR count). The van der Waals surface area contributed by atoms with Crippen LogP contribution in [0.25, 0.3) is 0 Å². The van der Waals surface area contributed by atoms with Crippen molar-refractivity contribution in [1.29, 1.82) is 0 Å². The summed E-state index contributed by atoms with van der Waals surface area (Å²) in [6, 6.07) is 5.22. The van der Waals surface area contributed by atoms with Crippen molar-refractivity contribution >= 4 is 15.9 Å². The van der Waals surface area contributed by atoms with Gasteiger partial charge in [-0.15, -0.1) is 0 Å². The second kappa shape index (κ2) is 6.16. The highest BCUT2D eigenvalue weighted by Gasteiger charge is 2.26. The molecule has 0 spiro atoms. The zero-order valence-corrected chi connectivity index (χ0v) is 12.3. The fourth-order valence-corrected chi connectivity index (χ4v) is 3.26. The molecule has 0 amide bonds. The molecule has 1 aliphatic carbocycles. The first-order valence-electron chi connectivity index (χ1n) is 6.82. The van der Waals surface area contributed by atoms with Crippen LogP contribution < -0.4 is 5.73 Å². The molecule has 0 bridgehead atoms. The molecule has 1 aromatic rings. The van der Waals surface area contributed by atoms with E-state index >= 15 is 0 Å². The van der Waals surface area contributed by atoms with Gasteiger partial charge < -0.3 is 5.73 Å². The fraction of sp³-hybridized carbons (Fsp3) is 0.600. The maximum atomic E-state index is 13.5. The zero-order chi connectivity index (χ0) is 13.0. The van der Waals surface area contributed by atoms with Crippen LogP contribution >= 0.6 is 15.9 Å². The Morgan fingerprint density at radius 2 is 1.72 bits per heavy atom. The van der Waals surface area contributed by atoms with Crippen LogP contribution in [0.1, 0.15) is 50.5 Å². The van der Waals surface area contributed by atoms with Gasteiger partial charge in [-0.2, -0.15) is 0 Å². The lowest BCUT2D eigenvalue weighted by Crippen LogP contribution is -2.42.